The summed E-state index contributed by atoms with van der Waals surface area (Å²) in [6, 6.07) is 9.94. The van der Waals surface area contributed by atoms with Gasteiger partial charge in [-0.15, -0.1) is 0 Å². The lowest BCUT2D eigenvalue weighted by atomic mass is 10.0. The maximum absolute atomic E-state index is 13.8. The summed E-state index contributed by atoms with van der Waals surface area (Å²) < 4.78 is 30.6. The van der Waals surface area contributed by atoms with E-state index in [0.717, 1.165) is 30.6 Å². The molecule has 1 atom stereocenters. The van der Waals surface area contributed by atoms with Crippen LogP contribution in [0.25, 0.3) is 0 Å². The number of hydrogen-bond acceptors (Lipinski definition) is 5. The Balaban J connectivity index is 1.43. The summed E-state index contributed by atoms with van der Waals surface area (Å²) in [4.78, 5) is 14.9. The van der Waals surface area contributed by atoms with Crippen molar-refractivity contribution < 1.29 is 23.4 Å². The molecule has 0 bridgehead atoms. The second-order valence-electron chi connectivity index (χ2n) is 7.66. The number of benzene rings is 2. The highest BCUT2D eigenvalue weighted by Crippen LogP contribution is 2.38. The summed E-state index contributed by atoms with van der Waals surface area (Å²) in [7, 11) is 0. The first-order valence-corrected chi connectivity index (χ1v) is 10.9. The molecule has 8 heteroatoms. The number of nitrogens with one attached hydrogen (secondary N) is 1. The Morgan fingerprint density at radius 2 is 1.94 bits per heavy atom. The summed E-state index contributed by atoms with van der Waals surface area (Å²) >= 11 is 6.34. The van der Waals surface area contributed by atoms with E-state index in [1.54, 1.807) is 18.2 Å². The molecule has 2 aliphatic heterocycles. The average molecular weight is 449 g/mol. The minimum absolute atomic E-state index is 0.129. The van der Waals surface area contributed by atoms with E-state index in [2.05, 4.69) is 10.2 Å². The van der Waals surface area contributed by atoms with E-state index in [1.807, 2.05) is 6.07 Å². The zero-order valence-corrected chi connectivity index (χ0v) is 18.0. The Labute approximate surface area is 186 Å². The third kappa shape index (κ3) is 5.67. The van der Waals surface area contributed by atoms with Crippen LogP contribution in [0.3, 0.4) is 0 Å². The van der Waals surface area contributed by atoms with Crippen molar-refractivity contribution in [2.24, 2.45) is 0 Å². The minimum atomic E-state index is -0.288. The predicted molar refractivity (Wildman–Crippen MR) is 115 cm³/mol. The molecule has 1 N–H and O–H groups in total. The second kappa shape index (κ2) is 10.3. The lowest BCUT2D eigenvalue weighted by molar-refractivity contribution is -0.120. The zero-order chi connectivity index (χ0) is 21.6. The Hall–Kier alpha value is -2.35. The van der Waals surface area contributed by atoms with Crippen LogP contribution in [-0.2, 0) is 16.0 Å². The van der Waals surface area contributed by atoms with Crippen molar-refractivity contribution in [2.45, 2.75) is 18.9 Å². The predicted octanol–water partition coefficient (Wildman–Crippen LogP) is 3.37. The van der Waals surface area contributed by atoms with Gasteiger partial charge in [0.2, 0.25) is 5.91 Å². The fourth-order valence-electron chi connectivity index (χ4n) is 3.91. The molecule has 0 spiro atoms. The second-order valence-corrected chi connectivity index (χ2v) is 8.06. The molecule has 6 nitrogen and oxygen atoms in total. The van der Waals surface area contributed by atoms with Crippen molar-refractivity contribution in [2.75, 3.05) is 46.1 Å². The molecule has 2 heterocycles. The first-order valence-electron chi connectivity index (χ1n) is 10.5. The molecule has 2 aliphatic rings. The van der Waals surface area contributed by atoms with Crippen LogP contribution < -0.4 is 14.8 Å². The standard InChI is InChI=1S/C23H26ClFN2O4/c24-19-11-16(12-21-23(19)31-8-2-7-30-21)13-22(28)26-15-20(27-5-9-29-10-6-27)17-3-1-4-18(25)14-17/h1,3-4,11-12,14,20H,2,5-10,13,15H2,(H,26,28). The Morgan fingerprint density at radius 1 is 1.13 bits per heavy atom. The molecule has 1 unspecified atom stereocenters. The number of nitrogens with zero attached hydrogens (tertiary/aromatic N) is 1. The monoisotopic (exact) mass is 448 g/mol. The van der Waals surface area contributed by atoms with Crippen molar-refractivity contribution in [3.63, 3.8) is 0 Å². The van der Waals surface area contributed by atoms with Crippen molar-refractivity contribution in [1.29, 1.82) is 0 Å². The van der Waals surface area contributed by atoms with Crippen molar-refractivity contribution >= 4 is 17.5 Å². The van der Waals surface area contributed by atoms with Crippen LogP contribution in [0.5, 0.6) is 11.5 Å². The van der Waals surface area contributed by atoms with Crippen LogP contribution in [0.15, 0.2) is 36.4 Å². The van der Waals surface area contributed by atoms with E-state index in [1.165, 1.54) is 12.1 Å². The van der Waals surface area contributed by atoms with E-state index < -0.39 is 0 Å². The molecule has 0 radical (unpaired) electrons. The molecular formula is C23H26ClFN2O4. The highest BCUT2D eigenvalue weighted by Gasteiger charge is 2.24. The molecule has 166 valence electrons. The minimum Gasteiger partial charge on any atom is -0.489 e. The maximum atomic E-state index is 13.8. The van der Waals surface area contributed by atoms with Gasteiger partial charge in [0.05, 0.1) is 43.9 Å². The smallest absolute Gasteiger partial charge is 0.224 e. The third-order valence-electron chi connectivity index (χ3n) is 5.44. The number of morpholine rings is 1. The molecule has 2 aromatic carbocycles. The van der Waals surface area contributed by atoms with Gasteiger partial charge in [-0.25, -0.2) is 4.39 Å². The number of carbonyl (C=O) groups excluding carboxylic acids is 1. The maximum Gasteiger partial charge on any atom is 0.224 e. The zero-order valence-electron chi connectivity index (χ0n) is 17.2. The summed E-state index contributed by atoms with van der Waals surface area (Å²) in [5.74, 6) is 0.671. The van der Waals surface area contributed by atoms with Gasteiger partial charge in [-0.05, 0) is 35.4 Å². The van der Waals surface area contributed by atoms with E-state index in [-0.39, 0.29) is 24.2 Å². The molecular weight excluding hydrogens is 423 g/mol. The van der Waals surface area contributed by atoms with Gasteiger partial charge in [0.15, 0.2) is 11.5 Å². The first kappa shape index (κ1) is 21.9. The molecule has 4 rings (SSSR count). The largest absolute Gasteiger partial charge is 0.489 e. The highest BCUT2D eigenvalue weighted by molar-refractivity contribution is 6.32. The van der Waals surface area contributed by atoms with Crippen LogP contribution in [0.1, 0.15) is 23.6 Å². The van der Waals surface area contributed by atoms with E-state index in [0.29, 0.717) is 49.5 Å². The number of hydrogen-bond donors (Lipinski definition) is 1. The number of carbonyl (C=O) groups is 1. The van der Waals surface area contributed by atoms with Crippen LogP contribution in [-0.4, -0.2) is 56.9 Å². The first-order chi connectivity index (χ1) is 15.1. The number of rotatable bonds is 6. The number of ether oxygens (including phenoxy) is 3. The van der Waals surface area contributed by atoms with Crippen molar-refractivity contribution in [3.8, 4) is 11.5 Å². The van der Waals surface area contributed by atoms with Gasteiger partial charge < -0.3 is 19.5 Å². The summed E-state index contributed by atoms with van der Waals surface area (Å²) in [5.41, 5.74) is 1.58. The SMILES string of the molecule is O=C(Cc1cc(Cl)c2c(c1)OCCCO2)NCC(c1cccc(F)c1)N1CCOCC1. The fraction of sp³-hybridized carbons (Fsp3) is 0.435. The summed E-state index contributed by atoms with van der Waals surface area (Å²) in [5, 5.41) is 3.44. The van der Waals surface area contributed by atoms with Gasteiger partial charge in [0.1, 0.15) is 5.82 Å². The van der Waals surface area contributed by atoms with Gasteiger partial charge in [-0.3, -0.25) is 9.69 Å². The molecule has 0 saturated carbocycles. The van der Waals surface area contributed by atoms with E-state index in [4.69, 9.17) is 25.8 Å². The topological polar surface area (TPSA) is 60.0 Å². The van der Waals surface area contributed by atoms with Crippen molar-refractivity contribution in [1.82, 2.24) is 10.2 Å². The molecule has 1 fully saturated rings. The van der Waals surface area contributed by atoms with Crippen LogP contribution >= 0.6 is 11.6 Å². The average Bonchev–Trinajstić information content (AvgIpc) is 3.01. The number of amides is 1. The summed E-state index contributed by atoms with van der Waals surface area (Å²) in [6.07, 6.45) is 0.944. The molecule has 0 aliphatic carbocycles. The Morgan fingerprint density at radius 3 is 2.74 bits per heavy atom. The molecule has 1 saturated heterocycles. The van der Waals surface area contributed by atoms with Crippen LogP contribution in [0.4, 0.5) is 4.39 Å². The van der Waals surface area contributed by atoms with Gasteiger partial charge in [-0.2, -0.15) is 0 Å². The lowest BCUT2D eigenvalue weighted by Gasteiger charge is -2.35. The fourth-order valence-corrected chi connectivity index (χ4v) is 4.19. The molecule has 2 aromatic rings. The van der Waals surface area contributed by atoms with E-state index in [9.17, 15) is 9.18 Å². The number of fused-ring (bicyclic) bond motifs is 1. The normalized spacial score (nSPS) is 17.6. The highest BCUT2D eigenvalue weighted by atomic mass is 35.5. The van der Waals surface area contributed by atoms with Crippen LogP contribution in [0.2, 0.25) is 5.02 Å². The molecule has 1 amide bonds. The molecule has 0 aromatic heterocycles. The lowest BCUT2D eigenvalue weighted by Crippen LogP contribution is -2.44. The van der Waals surface area contributed by atoms with Gasteiger partial charge in [0.25, 0.3) is 0 Å². The Kier molecular flexibility index (Phi) is 7.27. The van der Waals surface area contributed by atoms with Gasteiger partial charge in [0, 0.05) is 26.1 Å². The molecule has 31 heavy (non-hydrogen) atoms. The summed E-state index contributed by atoms with van der Waals surface area (Å²) in [6.45, 7) is 4.18. The van der Waals surface area contributed by atoms with Gasteiger partial charge in [-0.1, -0.05) is 23.7 Å². The number of halogens is 2. The Bertz CT molecular complexity index is 920. The van der Waals surface area contributed by atoms with Gasteiger partial charge >= 0.3 is 0 Å². The third-order valence-corrected chi connectivity index (χ3v) is 5.72. The van der Waals surface area contributed by atoms with E-state index >= 15 is 0 Å². The van der Waals surface area contributed by atoms with Crippen molar-refractivity contribution in [3.05, 3.63) is 58.4 Å². The quantitative estimate of drug-likeness (QED) is 0.734. The van der Waals surface area contributed by atoms with Crippen LogP contribution in [0, 0.1) is 5.82 Å².